The predicted molar refractivity (Wildman–Crippen MR) is 100 cm³/mol. The summed E-state index contributed by atoms with van der Waals surface area (Å²) in [7, 11) is 0. The van der Waals surface area contributed by atoms with Crippen LogP contribution in [0.1, 0.15) is 29.3 Å². The van der Waals surface area contributed by atoms with E-state index in [1.807, 2.05) is 37.3 Å². The quantitative estimate of drug-likeness (QED) is 0.532. The Balaban J connectivity index is 1.82. The molecule has 0 aliphatic heterocycles. The van der Waals surface area contributed by atoms with E-state index in [1.165, 1.54) is 6.07 Å². The summed E-state index contributed by atoms with van der Waals surface area (Å²) >= 11 is 0. The summed E-state index contributed by atoms with van der Waals surface area (Å²) in [6.07, 6.45) is 1.49. The monoisotopic (exact) mass is 356 g/mol. The Morgan fingerprint density at radius 3 is 2.62 bits per heavy atom. The Morgan fingerprint density at radius 2 is 1.88 bits per heavy atom. The highest BCUT2D eigenvalue weighted by molar-refractivity contribution is 5.90. The lowest BCUT2D eigenvalue weighted by Gasteiger charge is -2.11. The first-order chi connectivity index (χ1) is 12.6. The number of benzene rings is 2. The van der Waals surface area contributed by atoms with E-state index in [2.05, 4.69) is 5.32 Å². The van der Waals surface area contributed by atoms with Crippen molar-refractivity contribution < 1.29 is 19.1 Å². The number of hydrogen-bond acceptors (Lipinski definition) is 5. The lowest BCUT2D eigenvalue weighted by molar-refractivity contribution is -0.123. The van der Waals surface area contributed by atoms with Gasteiger partial charge < -0.3 is 20.5 Å². The van der Waals surface area contributed by atoms with Crippen LogP contribution in [0, 0.1) is 0 Å². The summed E-state index contributed by atoms with van der Waals surface area (Å²) in [4.78, 5) is 23.8. The van der Waals surface area contributed by atoms with Gasteiger partial charge in [0.05, 0.1) is 17.9 Å². The molecule has 0 radical (unpaired) electrons. The number of rotatable bonds is 9. The van der Waals surface area contributed by atoms with Crippen molar-refractivity contribution in [3.8, 4) is 5.75 Å². The van der Waals surface area contributed by atoms with Crippen LogP contribution < -0.4 is 15.8 Å². The van der Waals surface area contributed by atoms with Crippen molar-refractivity contribution in [3.05, 3.63) is 59.7 Å². The predicted octanol–water partition coefficient (Wildman–Crippen LogP) is 2.57. The summed E-state index contributed by atoms with van der Waals surface area (Å²) in [5.41, 5.74) is 7.69. The number of anilines is 1. The maximum absolute atomic E-state index is 11.9. The van der Waals surface area contributed by atoms with Crippen molar-refractivity contribution in [1.82, 2.24) is 5.32 Å². The van der Waals surface area contributed by atoms with Gasteiger partial charge in [0.15, 0.2) is 6.61 Å². The Kier molecular flexibility index (Phi) is 7.49. The number of carbonyl (C=O) groups excluding carboxylic acids is 2. The second kappa shape index (κ2) is 10.1. The largest absolute Gasteiger partial charge is 0.482 e. The van der Waals surface area contributed by atoms with Gasteiger partial charge in [0.25, 0.3) is 5.91 Å². The molecular weight excluding hydrogens is 332 g/mol. The van der Waals surface area contributed by atoms with Crippen molar-refractivity contribution in [2.45, 2.75) is 19.8 Å². The van der Waals surface area contributed by atoms with Crippen molar-refractivity contribution in [2.24, 2.45) is 0 Å². The Labute approximate surface area is 153 Å². The van der Waals surface area contributed by atoms with Gasteiger partial charge in [-0.1, -0.05) is 37.3 Å². The molecule has 0 saturated heterocycles. The van der Waals surface area contributed by atoms with Gasteiger partial charge in [-0.2, -0.15) is 0 Å². The molecule has 0 saturated carbocycles. The Hall–Kier alpha value is -3.02. The zero-order valence-electron chi connectivity index (χ0n) is 14.9. The van der Waals surface area contributed by atoms with Gasteiger partial charge in [0.1, 0.15) is 5.75 Å². The van der Waals surface area contributed by atoms with Crippen LogP contribution >= 0.6 is 0 Å². The second-order valence-electron chi connectivity index (χ2n) is 5.76. The van der Waals surface area contributed by atoms with Crippen LogP contribution in [0.4, 0.5) is 5.69 Å². The first-order valence-corrected chi connectivity index (χ1v) is 8.60. The van der Waals surface area contributed by atoms with E-state index in [9.17, 15) is 9.59 Å². The number of carbonyl (C=O) groups is 2. The van der Waals surface area contributed by atoms with Gasteiger partial charge >= 0.3 is 5.97 Å². The van der Waals surface area contributed by atoms with Crippen LogP contribution in [0.15, 0.2) is 48.5 Å². The molecule has 3 N–H and O–H groups in total. The SMILES string of the molecule is CCCOC(=O)c1ccc(N)c(OCC(=O)NCCc2ccccc2)c1. The van der Waals surface area contributed by atoms with Gasteiger partial charge in [0, 0.05) is 6.54 Å². The molecule has 0 aromatic heterocycles. The first kappa shape index (κ1) is 19.3. The molecule has 6 nitrogen and oxygen atoms in total. The summed E-state index contributed by atoms with van der Waals surface area (Å²) in [6, 6.07) is 14.5. The number of esters is 1. The van der Waals surface area contributed by atoms with E-state index in [0.29, 0.717) is 24.4 Å². The molecule has 1 amide bonds. The van der Waals surface area contributed by atoms with E-state index in [-0.39, 0.29) is 18.3 Å². The lowest BCUT2D eigenvalue weighted by Crippen LogP contribution is -2.30. The summed E-state index contributed by atoms with van der Waals surface area (Å²) < 4.78 is 10.5. The van der Waals surface area contributed by atoms with E-state index in [1.54, 1.807) is 12.1 Å². The maximum Gasteiger partial charge on any atom is 0.338 e. The molecular formula is C20H24N2O4. The molecule has 0 heterocycles. The Morgan fingerprint density at radius 1 is 1.12 bits per heavy atom. The Bertz CT molecular complexity index is 732. The van der Waals surface area contributed by atoms with Gasteiger partial charge in [0.2, 0.25) is 0 Å². The third-order valence-corrected chi connectivity index (χ3v) is 3.62. The fraction of sp³-hybridized carbons (Fsp3) is 0.300. The van der Waals surface area contributed by atoms with E-state index >= 15 is 0 Å². The molecule has 0 fully saturated rings. The highest BCUT2D eigenvalue weighted by atomic mass is 16.5. The number of nitrogens with two attached hydrogens (primary N) is 1. The number of nitrogens with one attached hydrogen (secondary N) is 1. The molecule has 0 spiro atoms. The van der Waals surface area contributed by atoms with Crippen LogP contribution in [0.25, 0.3) is 0 Å². The van der Waals surface area contributed by atoms with Gasteiger partial charge in [-0.05, 0) is 36.6 Å². The zero-order chi connectivity index (χ0) is 18.8. The minimum atomic E-state index is -0.441. The lowest BCUT2D eigenvalue weighted by atomic mass is 10.1. The number of ether oxygens (including phenoxy) is 2. The zero-order valence-corrected chi connectivity index (χ0v) is 14.9. The van der Waals surface area contributed by atoms with Crippen molar-refractivity contribution >= 4 is 17.6 Å². The molecule has 2 rings (SSSR count). The van der Waals surface area contributed by atoms with Crippen molar-refractivity contribution in [3.63, 3.8) is 0 Å². The molecule has 2 aromatic carbocycles. The van der Waals surface area contributed by atoms with Gasteiger partial charge in [-0.25, -0.2) is 4.79 Å². The summed E-state index contributed by atoms with van der Waals surface area (Å²) in [6.45, 7) is 2.61. The fourth-order valence-electron chi connectivity index (χ4n) is 2.25. The van der Waals surface area contributed by atoms with Crippen LogP contribution in [0.3, 0.4) is 0 Å². The maximum atomic E-state index is 11.9. The minimum absolute atomic E-state index is 0.174. The average molecular weight is 356 g/mol. The normalized spacial score (nSPS) is 10.2. The summed E-state index contributed by atoms with van der Waals surface area (Å²) in [5, 5.41) is 2.79. The van der Waals surface area contributed by atoms with Crippen LogP contribution in [0.5, 0.6) is 5.75 Å². The van der Waals surface area contributed by atoms with Gasteiger partial charge in [-0.15, -0.1) is 0 Å². The highest BCUT2D eigenvalue weighted by Crippen LogP contribution is 2.23. The second-order valence-corrected chi connectivity index (χ2v) is 5.76. The van der Waals surface area contributed by atoms with Crippen molar-refractivity contribution in [2.75, 3.05) is 25.5 Å². The molecule has 0 aliphatic carbocycles. The fourth-order valence-corrected chi connectivity index (χ4v) is 2.25. The van der Waals surface area contributed by atoms with Crippen LogP contribution in [0.2, 0.25) is 0 Å². The van der Waals surface area contributed by atoms with Crippen LogP contribution in [-0.2, 0) is 16.0 Å². The average Bonchev–Trinajstić information content (AvgIpc) is 2.66. The van der Waals surface area contributed by atoms with E-state index in [4.69, 9.17) is 15.2 Å². The number of amides is 1. The molecule has 0 unspecified atom stereocenters. The highest BCUT2D eigenvalue weighted by Gasteiger charge is 2.11. The summed E-state index contributed by atoms with van der Waals surface area (Å²) in [5.74, 6) is -0.405. The molecule has 6 heteroatoms. The molecule has 0 atom stereocenters. The van der Waals surface area contributed by atoms with E-state index in [0.717, 1.165) is 18.4 Å². The molecule has 26 heavy (non-hydrogen) atoms. The minimum Gasteiger partial charge on any atom is -0.482 e. The number of hydrogen-bond donors (Lipinski definition) is 2. The van der Waals surface area contributed by atoms with Crippen LogP contribution in [-0.4, -0.2) is 31.6 Å². The first-order valence-electron chi connectivity index (χ1n) is 8.60. The smallest absolute Gasteiger partial charge is 0.338 e. The standard InChI is InChI=1S/C20H24N2O4/c1-2-12-25-20(24)16-8-9-17(21)18(13-16)26-14-19(23)22-11-10-15-6-4-3-5-7-15/h3-9,13H,2,10-12,14,21H2,1H3,(H,22,23). The third-order valence-electron chi connectivity index (χ3n) is 3.62. The molecule has 0 aliphatic rings. The topological polar surface area (TPSA) is 90.7 Å². The van der Waals surface area contributed by atoms with E-state index < -0.39 is 5.97 Å². The van der Waals surface area contributed by atoms with Crippen molar-refractivity contribution in [1.29, 1.82) is 0 Å². The molecule has 2 aromatic rings. The molecule has 138 valence electrons. The van der Waals surface area contributed by atoms with Gasteiger partial charge in [-0.3, -0.25) is 4.79 Å². The molecule has 0 bridgehead atoms. The number of nitrogen functional groups attached to an aromatic ring is 1. The third kappa shape index (κ3) is 6.12.